The largest absolute Gasteiger partial charge is 0.328 e. The molecule has 3 aliphatic carbocycles. The zero-order chi connectivity index (χ0) is 33.2. The SMILES string of the molecule is NC1CCC(N(Cc2ccc(CN[C@@H]3C[C@H]3c3ccc(F)c(F)c3)cc2)Cc2ccc(CN[C@@H]3C[C@H]3c3ccc(F)c(F)c3)cc2)CC1. The first kappa shape index (κ1) is 33.0. The smallest absolute Gasteiger partial charge is 0.159 e. The van der Waals surface area contributed by atoms with Gasteiger partial charge in [-0.15, -0.1) is 0 Å². The van der Waals surface area contributed by atoms with Crippen LogP contribution < -0.4 is 16.4 Å². The first-order chi connectivity index (χ1) is 23.3. The van der Waals surface area contributed by atoms with Gasteiger partial charge >= 0.3 is 0 Å². The predicted octanol–water partition coefficient (Wildman–Crippen LogP) is 7.81. The van der Waals surface area contributed by atoms with Crippen molar-refractivity contribution in [1.82, 2.24) is 15.5 Å². The lowest BCUT2D eigenvalue weighted by Gasteiger charge is -2.36. The van der Waals surface area contributed by atoms with Crippen molar-refractivity contribution in [3.05, 3.63) is 142 Å². The summed E-state index contributed by atoms with van der Waals surface area (Å²) in [6.07, 6.45) is 6.17. The van der Waals surface area contributed by atoms with Crippen LogP contribution in [0.5, 0.6) is 0 Å². The number of nitrogens with one attached hydrogen (secondary N) is 2. The molecule has 4 aromatic rings. The molecule has 4 aromatic carbocycles. The number of benzene rings is 4. The van der Waals surface area contributed by atoms with E-state index in [2.05, 4.69) is 64.1 Å². The van der Waals surface area contributed by atoms with E-state index in [-0.39, 0.29) is 23.9 Å². The lowest BCUT2D eigenvalue weighted by Crippen LogP contribution is -2.40. The molecule has 0 saturated heterocycles. The molecule has 0 spiro atoms. The van der Waals surface area contributed by atoms with Gasteiger partial charge in [0.25, 0.3) is 0 Å². The molecule has 8 heteroatoms. The minimum atomic E-state index is -0.801. The summed E-state index contributed by atoms with van der Waals surface area (Å²) < 4.78 is 53.9. The van der Waals surface area contributed by atoms with Gasteiger partial charge in [0.2, 0.25) is 0 Å². The highest BCUT2D eigenvalue weighted by Crippen LogP contribution is 2.42. The Morgan fingerprint density at radius 3 is 1.38 bits per heavy atom. The topological polar surface area (TPSA) is 53.3 Å². The van der Waals surface area contributed by atoms with E-state index in [0.717, 1.165) is 75.8 Å². The minimum Gasteiger partial charge on any atom is -0.328 e. The Morgan fingerprint density at radius 2 is 0.958 bits per heavy atom. The molecule has 0 bridgehead atoms. The number of nitrogens with two attached hydrogens (primary N) is 1. The van der Waals surface area contributed by atoms with Gasteiger partial charge in [-0.05, 0) is 96.2 Å². The molecule has 4 nitrogen and oxygen atoms in total. The van der Waals surface area contributed by atoms with Crippen molar-refractivity contribution in [2.45, 2.75) is 101 Å². The number of halogens is 4. The molecule has 0 unspecified atom stereocenters. The van der Waals surface area contributed by atoms with Crippen molar-refractivity contribution < 1.29 is 17.6 Å². The molecule has 0 aliphatic heterocycles. The monoisotopic (exact) mass is 656 g/mol. The maximum Gasteiger partial charge on any atom is 0.159 e. The van der Waals surface area contributed by atoms with Crippen molar-refractivity contribution >= 4 is 0 Å². The normalized spacial score (nSPS) is 25.0. The van der Waals surface area contributed by atoms with Gasteiger partial charge in [0.05, 0.1) is 0 Å². The summed E-state index contributed by atoms with van der Waals surface area (Å²) in [4.78, 5) is 2.60. The fourth-order valence-corrected chi connectivity index (χ4v) is 7.34. The number of hydrogen-bond acceptors (Lipinski definition) is 4. The van der Waals surface area contributed by atoms with E-state index in [1.54, 1.807) is 12.1 Å². The van der Waals surface area contributed by atoms with E-state index in [1.165, 1.54) is 46.5 Å². The number of nitrogens with zero attached hydrogens (tertiary/aromatic N) is 1. The second-order valence-corrected chi connectivity index (χ2v) is 14.1. The molecule has 0 heterocycles. The molecule has 252 valence electrons. The van der Waals surface area contributed by atoms with E-state index < -0.39 is 23.3 Å². The Bertz CT molecular complexity index is 1570. The molecule has 3 aliphatic rings. The zero-order valence-electron chi connectivity index (χ0n) is 27.2. The summed E-state index contributed by atoms with van der Waals surface area (Å²) in [7, 11) is 0. The first-order valence-corrected chi connectivity index (χ1v) is 17.3. The predicted molar refractivity (Wildman–Crippen MR) is 181 cm³/mol. The highest BCUT2D eigenvalue weighted by molar-refractivity contribution is 5.31. The van der Waals surface area contributed by atoms with E-state index in [1.807, 2.05) is 0 Å². The van der Waals surface area contributed by atoms with E-state index >= 15 is 0 Å². The van der Waals surface area contributed by atoms with Crippen molar-refractivity contribution in [2.75, 3.05) is 0 Å². The van der Waals surface area contributed by atoms with Crippen LogP contribution in [0.1, 0.15) is 83.7 Å². The molecular formula is C40H44F4N4. The Hall–Kier alpha value is -3.56. The summed E-state index contributed by atoms with van der Waals surface area (Å²) in [5.41, 5.74) is 12.9. The molecule has 0 amide bonds. The molecular weight excluding hydrogens is 612 g/mol. The summed E-state index contributed by atoms with van der Waals surface area (Å²) in [5, 5.41) is 7.14. The van der Waals surface area contributed by atoms with Crippen LogP contribution in [0.2, 0.25) is 0 Å². The Labute approximate surface area is 280 Å². The second-order valence-electron chi connectivity index (χ2n) is 14.1. The maximum absolute atomic E-state index is 13.7. The van der Waals surface area contributed by atoms with Crippen molar-refractivity contribution in [3.63, 3.8) is 0 Å². The van der Waals surface area contributed by atoms with Crippen LogP contribution in [-0.2, 0) is 26.2 Å². The van der Waals surface area contributed by atoms with E-state index in [0.29, 0.717) is 12.1 Å². The van der Waals surface area contributed by atoms with Crippen molar-refractivity contribution in [1.29, 1.82) is 0 Å². The Balaban J connectivity index is 0.915. The van der Waals surface area contributed by atoms with Crippen LogP contribution in [0.4, 0.5) is 17.6 Å². The molecule has 4 N–H and O–H groups in total. The molecule has 7 rings (SSSR count). The van der Waals surface area contributed by atoms with Gasteiger partial charge in [-0.25, -0.2) is 17.6 Å². The maximum atomic E-state index is 13.7. The van der Waals surface area contributed by atoms with E-state index in [9.17, 15) is 17.6 Å². The lowest BCUT2D eigenvalue weighted by atomic mass is 9.90. The number of hydrogen-bond donors (Lipinski definition) is 3. The van der Waals surface area contributed by atoms with Crippen LogP contribution in [-0.4, -0.2) is 29.1 Å². The van der Waals surface area contributed by atoms with Crippen LogP contribution in [0.15, 0.2) is 84.9 Å². The molecule has 3 saturated carbocycles. The van der Waals surface area contributed by atoms with Crippen molar-refractivity contribution in [2.24, 2.45) is 5.73 Å². The van der Waals surface area contributed by atoms with Gasteiger partial charge in [-0.1, -0.05) is 60.7 Å². The molecule has 0 radical (unpaired) electrons. The minimum absolute atomic E-state index is 0.229. The van der Waals surface area contributed by atoms with E-state index in [4.69, 9.17) is 5.73 Å². The zero-order valence-corrected chi connectivity index (χ0v) is 27.2. The third-order valence-electron chi connectivity index (χ3n) is 10.5. The van der Waals surface area contributed by atoms with Gasteiger partial charge in [0.1, 0.15) is 0 Å². The van der Waals surface area contributed by atoms with Gasteiger partial charge in [0.15, 0.2) is 23.3 Å². The highest BCUT2D eigenvalue weighted by Gasteiger charge is 2.39. The summed E-state index contributed by atoms with van der Waals surface area (Å²) in [6, 6.07) is 27.4. The van der Waals surface area contributed by atoms with Crippen LogP contribution in [0, 0.1) is 23.3 Å². The molecule has 4 atom stereocenters. The average Bonchev–Trinajstić information content (AvgIpc) is 4.03. The van der Waals surface area contributed by atoms with Gasteiger partial charge in [-0.2, -0.15) is 0 Å². The van der Waals surface area contributed by atoms with Crippen molar-refractivity contribution in [3.8, 4) is 0 Å². The third kappa shape index (κ3) is 8.17. The fourth-order valence-electron chi connectivity index (χ4n) is 7.34. The Kier molecular flexibility index (Phi) is 9.96. The lowest BCUT2D eigenvalue weighted by molar-refractivity contribution is 0.134. The standard InChI is InChI=1S/C40H44F4N4/c41-35-15-9-29(17-37(35)43)33-19-39(33)46-21-25-1-5-27(6-2-25)23-48(32-13-11-31(45)12-14-32)24-28-7-3-26(4-8-28)22-47-40-20-34(40)30-10-16-36(42)38(44)18-30/h1-10,15-18,31-34,39-40,46-47H,11-14,19-24,45H2/t31?,32?,33-,34-,39+,40+/m0/s1. The summed E-state index contributed by atoms with van der Waals surface area (Å²) in [6.45, 7) is 3.21. The molecule has 48 heavy (non-hydrogen) atoms. The summed E-state index contributed by atoms with van der Waals surface area (Å²) >= 11 is 0. The van der Waals surface area contributed by atoms with Gasteiger partial charge in [0, 0.05) is 62.2 Å². The summed E-state index contributed by atoms with van der Waals surface area (Å²) in [5.74, 6) is -2.71. The first-order valence-electron chi connectivity index (χ1n) is 17.3. The second kappa shape index (κ2) is 14.5. The Morgan fingerprint density at radius 1 is 0.542 bits per heavy atom. The average molecular weight is 657 g/mol. The fraction of sp³-hybridized carbons (Fsp3) is 0.400. The number of rotatable bonds is 13. The molecule has 3 fully saturated rings. The van der Waals surface area contributed by atoms with Crippen LogP contribution in [0.3, 0.4) is 0 Å². The molecule has 0 aromatic heterocycles. The quantitative estimate of drug-likeness (QED) is 0.129. The van der Waals surface area contributed by atoms with Gasteiger partial charge in [-0.3, -0.25) is 4.90 Å². The highest BCUT2D eigenvalue weighted by atomic mass is 19.2. The van der Waals surface area contributed by atoms with Crippen LogP contribution in [0.25, 0.3) is 0 Å². The van der Waals surface area contributed by atoms with Crippen LogP contribution >= 0.6 is 0 Å². The van der Waals surface area contributed by atoms with Gasteiger partial charge < -0.3 is 16.4 Å². The third-order valence-corrected chi connectivity index (χ3v) is 10.5.